The smallest absolute Gasteiger partial charge is 0.119 e. The lowest BCUT2D eigenvalue weighted by molar-refractivity contribution is 0.136. The monoisotopic (exact) mass is 221 g/mol. The summed E-state index contributed by atoms with van der Waals surface area (Å²) in [5.74, 6) is 0.827. The lowest BCUT2D eigenvalue weighted by Gasteiger charge is -2.18. The lowest BCUT2D eigenvalue weighted by atomic mass is 10.0. The Morgan fingerprint density at radius 1 is 1.25 bits per heavy atom. The molecule has 0 saturated heterocycles. The number of aliphatic hydroxyl groups excluding tert-OH is 1. The molecule has 0 amide bonds. The molecule has 1 aliphatic carbocycles. The van der Waals surface area contributed by atoms with Crippen molar-refractivity contribution in [2.75, 3.05) is 0 Å². The summed E-state index contributed by atoms with van der Waals surface area (Å²) in [4.78, 5) is 0. The zero-order valence-electron chi connectivity index (χ0n) is 9.81. The van der Waals surface area contributed by atoms with Crippen LogP contribution < -0.4 is 10.5 Å². The molecule has 1 atom stereocenters. The molecule has 0 spiro atoms. The van der Waals surface area contributed by atoms with Crippen molar-refractivity contribution in [3.05, 3.63) is 29.8 Å². The van der Waals surface area contributed by atoms with Crippen LogP contribution in [0.2, 0.25) is 0 Å². The minimum Gasteiger partial charge on any atom is -0.491 e. The van der Waals surface area contributed by atoms with E-state index in [0.29, 0.717) is 0 Å². The second-order valence-corrected chi connectivity index (χ2v) is 4.87. The second kappa shape index (κ2) is 4.07. The van der Waals surface area contributed by atoms with Crippen molar-refractivity contribution >= 4 is 0 Å². The fourth-order valence-electron chi connectivity index (χ4n) is 1.75. The van der Waals surface area contributed by atoms with Crippen LogP contribution in [-0.4, -0.2) is 16.7 Å². The van der Waals surface area contributed by atoms with Crippen LogP contribution in [-0.2, 0) is 0 Å². The van der Waals surface area contributed by atoms with Crippen LogP contribution in [0.3, 0.4) is 0 Å². The van der Waals surface area contributed by atoms with Gasteiger partial charge in [-0.05, 0) is 44.4 Å². The molecule has 1 fully saturated rings. The molecule has 1 aromatic rings. The quantitative estimate of drug-likeness (QED) is 0.817. The Bertz CT molecular complexity index is 355. The van der Waals surface area contributed by atoms with E-state index in [0.717, 1.165) is 24.2 Å². The molecule has 2 rings (SSSR count). The van der Waals surface area contributed by atoms with Crippen LogP contribution in [0.15, 0.2) is 24.3 Å². The Balaban J connectivity index is 2.07. The summed E-state index contributed by atoms with van der Waals surface area (Å²) in [5.41, 5.74) is 6.44. The number of aliphatic hydroxyl groups is 1. The van der Waals surface area contributed by atoms with Gasteiger partial charge in [-0.1, -0.05) is 12.1 Å². The Kier molecular flexibility index (Phi) is 2.91. The summed E-state index contributed by atoms with van der Waals surface area (Å²) in [6, 6.07) is 7.53. The van der Waals surface area contributed by atoms with Crippen LogP contribution in [0.25, 0.3) is 0 Å². The molecule has 0 heterocycles. The van der Waals surface area contributed by atoms with Gasteiger partial charge >= 0.3 is 0 Å². The zero-order valence-corrected chi connectivity index (χ0v) is 9.81. The summed E-state index contributed by atoms with van der Waals surface area (Å²) in [7, 11) is 0. The first-order valence-electron chi connectivity index (χ1n) is 5.75. The van der Waals surface area contributed by atoms with Crippen molar-refractivity contribution in [1.29, 1.82) is 0 Å². The summed E-state index contributed by atoms with van der Waals surface area (Å²) in [5, 5.41) is 10.0. The number of benzene rings is 1. The van der Waals surface area contributed by atoms with Crippen molar-refractivity contribution in [1.82, 2.24) is 0 Å². The molecule has 0 radical (unpaired) electrons. The van der Waals surface area contributed by atoms with Gasteiger partial charge in [0.2, 0.25) is 0 Å². The van der Waals surface area contributed by atoms with Gasteiger partial charge in [-0.3, -0.25) is 0 Å². The summed E-state index contributed by atoms with van der Waals surface area (Å²) in [6.07, 6.45) is 1.41. The maximum atomic E-state index is 10.0. The van der Waals surface area contributed by atoms with E-state index in [1.165, 1.54) is 0 Å². The normalized spacial score (nSPS) is 19.6. The zero-order chi connectivity index (χ0) is 11.8. The van der Waals surface area contributed by atoms with Crippen molar-refractivity contribution in [2.24, 2.45) is 5.73 Å². The maximum Gasteiger partial charge on any atom is 0.119 e. The first kappa shape index (κ1) is 11.4. The SMILES string of the molecule is CC(C)Oc1ccc(C(O)C2(N)CC2)cc1. The van der Waals surface area contributed by atoms with E-state index in [4.69, 9.17) is 10.5 Å². The third-order valence-electron chi connectivity index (χ3n) is 2.94. The molecule has 3 heteroatoms. The summed E-state index contributed by atoms with van der Waals surface area (Å²) >= 11 is 0. The van der Waals surface area contributed by atoms with Crippen molar-refractivity contribution in [2.45, 2.75) is 44.4 Å². The van der Waals surface area contributed by atoms with Crippen LogP contribution in [0.4, 0.5) is 0 Å². The number of hydrogen-bond acceptors (Lipinski definition) is 3. The Hall–Kier alpha value is -1.06. The van der Waals surface area contributed by atoms with Crippen LogP contribution in [0.1, 0.15) is 38.4 Å². The van der Waals surface area contributed by atoms with E-state index in [-0.39, 0.29) is 11.6 Å². The van der Waals surface area contributed by atoms with Crippen LogP contribution in [0, 0.1) is 0 Å². The van der Waals surface area contributed by atoms with Gasteiger partial charge in [-0.15, -0.1) is 0 Å². The second-order valence-electron chi connectivity index (χ2n) is 4.87. The highest BCUT2D eigenvalue weighted by atomic mass is 16.5. The first-order valence-corrected chi connectivity index (χ1v) is 5.75. The maximum absolute atomic E-state index is 10.0. The summed E-state index contributed by atoms with van der Waals surface area (Å²) in [6.45, 7) is 3.98. The van der Waals surface area contributed by atoms with Gasteiger partial charge < -0.3 is 15.6 Å². The molecule has 3 N–H and O–H groups in total. The fraction of sp³-hybridized carbons (Fsp3) is 0.538. The topological polar surface area (TPSA) is 55.5 Å². The van der Waals surface area contributed by atoms with Crippen molar-refractivity contribution in [3.63, 3.8) is 0 Å². The van der Waals surface area contributed by atoms with Gasteiger partial charge in [0.25, 0.3) is 0 Å². The van der Waals surface area contributed by atoms with Crippen molar-refractivity contribution < 1.29 is 9.84 Å². The molecular weight excluding hydrogens is 202 g/mol. The average molecular weight is 221 g/mol. The first-order chi connectivity index (χ1) is 7.51. The number of nitrogens with two attached hydrogens (primary N) is 1. The van der Waals surface area contributed by atoms with E-state index < -0.39 is 6.10 Å². The van der Waals surface area contributed by atoms with Crippen LogP contribution in [0.5, 0.6) is 5.75 Å². The highest BCUT2D eigenvalue weighted by Crippen LogP contribution is 2.43. The van der Waals surface area contributed by atoms with Gasteiger partial charge in [-0.25, -0.2) is 0 Å². The molecule has 1 unspecified atom stereocenters. The highest BCUT2D eigenvalue weighted by Gasteiger charge is 2.45. The number of hydrogen-bond donors (Lipinski definition) is 2. The number of rotatable bonds is 4. The van der Waals surface area contributed by atoms with E-state index in [2.05, 4.69) is 0 Å². The Labute approximate surface area is 96.2 Å². The molecule has 0 aliphatic heterocycles. The standard InChI is InChI=1S/C13H19NO2/c1-9(2)16-11-5-3-10(4-6-11)12(15)13(14)7-8-13/h3-6,9,12,15H,7-8,14H2,1-2H3. The molecule has 88 valence electrons. The van der Waals surface area contributed by atoms with E-state index in [1.807, 2.05) is 38.1 Å². The van der Waals surface area contributed by atoms with E-state index >= 15 is 0 Å². The molecular formula is C13H19NO2. The van der Waals surface area contributed by atoms with E-state index in [9.17, 15) is 5.11 Å². The lowest BCUT2D eigenvalue weighted by Crippen LogP contribution is -2.30. The largest absolute Gasteiger partial charge is 0.491 e. The molecule has 16 heavy (non-hydrogen) atoms. The minimum absolute atomic E-state index is 0.167. The molecule has 1 aromatic carbocycles. The Morgan fingerprint density at radius 3 is 2.25 bits per heavy atom. The van der Waals surface area contributed by atoms with Gasteiger partial charge in [-0.2, -0.15) is 0 Å². The summed E-state index contributed by atoms with van der Waals surface area (Å²) < 4.78 is 5.54. The third kappa shape index (κ3) is 2.36. The molecule has 1 aliphatic rings. The van der Waals surface area contributed by atoms with Crippen LogP contribution >= 0.6 is 0 Å². The van der Waals surface area contributed by atoms with E-state index in [1.54, 1.807) is 0 Å². The van der Waals surface area contributed by atoms with Gasteiger partial charge in [0.1, 0.15) is 5.75 Å². The van der Waals surface area contributed by atoms with Gasteiger partial charge in [0, 0.05) is 5.54 Å². The highest BCUT2D eigenvalue weighted by molar-refractivity contribution is 5.31. The minimum atomic E-state index is -0.555. The molecule has 1 saturated carbocycles. The molecule has 0 aromatic heterocycles. The molecule has 3 nitrogen and oxygen atoms in total. The fourth-order valence-corrected chi connectivity index (χ4v) is 1.75. The predicted octanol–water partition coefficient (Wildman–Crippen LogP) is 2.00. The average Bonchev–Trinajstić information content (AvgIpc) is 2.97. The van der Waals surface area contributed by atoms with Gasteiger partial charge in [0.15, 0.2) is 0 Å². The molecule has 0 bridgehead atoms. The number of ether oxygens (including phenoxy) is 1. The third-order valence-corrected chi connectivity index (χ3v) is 2.94. The van der Waals surface area contributed by atoms with Gasteiger partial charge in [0.05, 0.1) is 12.2 Å². The predicted molar refractivity (Wildman–Crippen MR) is 63.3 cm³/mol. The Morgan fingerprint density at radius 2 is 1.81 bits per heavy atom. The van der Waals surface area contributed by atoms with Crippen molar-refractivity contribution in [3.8, 4) is 5.75 Å².